The smallest absolute Gasteiger partial charge is 0.173 e. The molecule has 3 aromatic rings. The third-order valence-corrected chi connectivity index (χ3v) is 6.70. The lowest BCUT2D eigenvalue weighted by atomic mass is 9.99. The van der Waals surface area contributed by atoms with Crippen LogP contribution in [0.5, 0.6) is 5.75 Å². The lowest BCUT2D eigenvalue weighted by Gasteiger charge is -2.39. The number of piperazine rings is 1. The first-order chi connectivity index (χ1) is 16.0. The second-order valence-corrected chi connectivity index (χ2v) is 9.32. The number of tetrazole rings is 1. The second-order valence-electron chi connectivity index (χ2n) is 9.32. The minimum Gasteiger partial charge on any atom is -0.494 e. The van der Waals surface area contributed by atoms with Crippen molar-refractivity contribution in [3.63, 3.8) is 0 Å². The van der Waals surface area contributed by atoms with Gasteiger partial charge in [-0.05, 0) is 60.9 Å². The van der Waals surface area contributed by atoms with Crippen LogP contribution in [-0.2, 0) is 12.1 Å². The molecule has 2 heterocycles. The summed E-state index contributed by atoms with van der Waals surface area (Å²) in [7, 11) is 0. The molecule has 0 spiro atoms. The van der Waals surface area contributed by atoms with E-state index in [1.807, 2.05) is 11.6 Å². The van der Waals surface area contributed by atoms with Crippen molar-refractivity contribution in [2.75, 3.05) is 32.8 Å². The molecule has 184 valence electrons. The Balaban J connectivity index is 0.00000324. The van der Waals surface area contributed by atoms with Gasteiger partial charge < -0.3 is 4.74 Å². The number of hydrogen-bond donors (Lipinski definition) is 0. The van der Waals surface area contributed by atoms with Crippen LogP contribution in [0.3, 0.4) is 0 Å². The molecule has 34 heavy (non-hydrogen) atoms. The van der Waals surface area contributed by atoms with Crippen molar-refractivity contribution in [2.45, 2.75) is 52.2 Å². The Bertz CT molecular complexity index is 1000. The average Bonchev–Trinajstić information content (AvgIpc) is 3.33. The summed E-state index contributed by atoms with van der Waals surface area (Å²) < 4.78 is 7.70. The molecule has 0 aliphatic carbocycles. The molecule has 2 aromatic carbocycles. The highest BCUT2D eigenvalue weighted by Gasteiger charge is 2.34. The summed E-state index contributed by atoms with van der Waals surface area (Å²) in [5.74, 6) is 1.80. The molecule has 1 unspecified atom stereocenters. The van der Waals surface area contributed by atoms with E-state index in [1.165, 1.54) is 11.1 Å². The summed E-state index contributed by atoms with van der Waals surface area (Å²) in [5, 5.41) is 13.1. The van der Waals surface area contributed by atoms with Gasteiger partial charge in [0, 0.05) is 32.7 Å². The molecule has 1 saturated heterocycles. The molecule has 0 saturated carbocycles. The molecule has 0 radical (unpaired) electrons. The van der Waals surface area contributed by atoms with Gasteiger partial charge in [0.2, 0.25) is 0 Å². The lowest BCUT2D eigenvalue weighted by molar-refractivity contribution is 0.0972. The summed E-state index contributed by atoms with van der Waals surface area (Å²) in [6.07, 6.45) is 0.950. The van der Waals surface area contributed by atoms with Crippen LogP contribution in [0.15, 0.2) is 54.6 Å². The van der Waals surface area contributed by atoms with Crippen LogP contribution >= 0.6 is 12.4 Å². The first kappa shape index (κ1) is 26.1. The highest BCUT2D eigenvalue weighted by atomic mass is 35.5. The van der Waals surface area contributed by atoms with Gasteiger partial charge in [0.15, 0.2) is 5.82 Å². The fourth-order valence-electron chi connectivity index (χ4n) is 4.40. The highest BCUT2D eigenvalue weighted by Crippen LogP contribution is 2.32. The minimum absolute atomic E-state index is 0. The van der Waals surface area contributed by atoms with E-state index < -0.39 is 0 Å². The maximum Gasteiger partial charge on any atom is 0.173 e. The Morgan fingerprint density at radius 3 is 2.24 bits per heavy atom. The van der Waals surface area contributed by atoms with E-state index in [0.717, 1.165) is 50.7 Å². The maximum absolute atomic E-state index is 5.68. The Morgan fingerprint density at radius 1 is 0.941 bits per heavy atom. The fourth-order valence-corrected chi connectivity index (χ4v) is 4.40. The molecule has 1 aliphatic rings. The maximum atomic E-state index is 5.68. The summed E-state index contributed by atoms with van der Waals surface area (Å²) in [5.41, 5.74) is 2.40. The van der Waals surface area contributed by atoms with Crippen LogP contribution in [0.25, 0.3) is 0 Å². The van der Waals surface area contributed by atoms with Gasteiger partial charge in [-0.3, -0.25) is 9.80 Å². The standard InChI is InChI=1S/C26H36N6O.ClH/c1-5-26(3,4)32-25(27-28-29-32)24(22-12-14-23(15-13-22)33-6-2)31-18-16-30(17-19-31)20-21-10-8-7-9-11-21;/h7-15,24H,5-6,16-20H2,1-4H3;1H. The summed E-state index contributed by atoms with van der Waals surface area (Å²) in [4.78, 5) is 5.05. The predicted molar refractivity (Wildman–Crippen MR) is 137 cm³/mol. The quantitative estimate of drug-likeness (QED) is 0.444. The van der Waals surface area contributed by atoms with Crippen molar-refractivity contribution in [1.29, 1.82) is 0 Å². The number of nitrogens with zero attached hydrogens (tertiary/aromatic N) is 6. The van der Waals surface area contributed by atoms with E-state index in [-0.39, 0.29) is 24.0 Å². The third-order valence-electron chi connectivity index (χ3n) is 6.70. The van der Waals surface area contributed by atoms with E-state index in [4.69, 9.17) is 4.74 Å². The molecular formula is C26H37ClN6O. The van der Waals surface area contributed by atoms with E-state index in [9.17, 15) is 0 Å². The Morgan fingerprint density at radius 2 is 1.62 bits per heavy atom. The number of rotatable bonds is 9. The van der Waals surface area contributed by atoms with Crippen molar-refractivity contribution in [1.82, 2.24) is 30.0 Å². The molecule has 8 heteroatoms. The average molecular weight is 485 g/mol. The summed E-state index contributed by atoms with van der Waals surface area (Å²) in [6, 6.07) is 19.1. The number of halogens is 1. The zero-order valence-electron chi connectivity index (χ0n) is 20.7. The molecule has 1 aliphatic heterocycles. The van der Waals surface area contributed by atoms with Gasteiger partial charge in [-0.25, -0.2) is 4.68 Å². The van der Waals surface area contributed by atoms with Crippen molar-refractivity contribution in [3.8, 4) is 5.75 Å². The van der Waals surface area contributed by atoms with Crippen molar-refractivity contribution in [3.05, 3.63) is 71.5 Å². The first-order valence-electron chi connectivity index (χ1n) is 12.0. The molecule has 1 atom stereocenters. The van der Waals surface area contributed by atoms with E-state index >= 15 is 0 Å². The first-order valence-corrected chi connectivity index (χ1v) is 12.0. The topological polar surface area (TPSA) is 59.3 Å². The van der Waals surface area contributed by atoms with Crippen LogP contribution in [-0.4, -0.2) is 62.8 Å². The minimum atomic E-state index is -0.155. The zero-order chi connectivity index (χ0) is 23.3. The van der Waals surface area contributed by atoms with Gasteiger partial charge in [-0.1, -0.05) is 49.4 Å². The highest BCUT2D eigenvalue weighted by molar-refractivity contribution is 5.85. The third kappa shape index (κ3) is 5.95. The predicted octanol–water partition coefficient (Wildman–Crippen LogP) is 4.55. The number of hydrogen-bond acceptors (Lipinski definition) is 6. The number of aromatic nitrogens is 4. The molecule has 0 amide bonds. The van der Waals surface area contributed by atoms with Crippen LogP contribution in [0, 0.1) is 0 Å². The van der Waals surface area contributed by atoms with Crippen LogP contribution in [0.4, 0.5) is 0 Å². The fraction of sp³-hybridized carbons (Fsp3) is 0.500. The van der Waals surface area contributed by atoms with E-state index in [0.29, 0.717) is 6.61 Å². The Kier molecular flexibility index (Phi) is 9.05. The zero-order valence-corrected chi connectivity index (χ0v) is 21.5. The SMILES string of the molecule is CCOc1ccc(C(c2nnnn2C(C)(C)CC)N2CCN(Cc3ccccc3)CC2)cc1.Cl. The van der Waals surface area contributed by atoms with Crippen LogP contribution in [0.2, 0.25) is 0 Å². The van der Waals surface area contributed by atoms with Crippen molar-refractivity contribution >= 4 is 12.4 Å². The molecule has 0 N–H and O–H groups in total. The van der Waals surface area contributed by atoms with Crippen LogP contribution < -0.4 is 4.74 Å². The van der Waals surface area contributed by atoms with Gasteiger partial charge >= 0.3 is 0 Å². The van der Waals surface area contributed by atoms with Crippen molar-refractivity contribution in [2.24, 2.45) is 0 Å². The van der Waals surface area contributed by atoms with Gasteiger partial charge in [-0.2, -0.15) is 0 Å². The molecular weight excluding hydrogens is 448 g/mol. The Labute approximate surface area is 209 Å². The largest absolute Gasteiger partial charge is 0.494 e. The molecule has 4 rings (SSSR count). The Hall–Kier alpha value is -2.48. The van der Waals surface area contributed by atoms with E-state index in [1.54, 1.807) is 0 Å². The normalized spacial score (nSPS) is 16.1. The van der Waals surface area contributed by atoms with Gasteiger partial charge in [-0.15, -0.1) is 17.5 Å². The van der Waals surface area contributed by atoms with Gasteiger partial charge in [0.25, 0.3) is 0 Å². The molecule has 7 nitrogen and oxygen atoms in total. The van der Waals surface area contributed by atoms with Crippen molar-refractivity contribution < 1.29 is 4.74 Å². The molecule has 1 fully saturated rings. The summed E-state index contributed by atoms with van der Waals surface area (Å²) >= 11 is 0. The monoisotopic (exact) mass is 484 g/mol. The summed E-state index contributed by atoms with van der Waals surface area (Å²) in [6.45, 7) is 14.2. The molecule has 0 bridgehead atoms. The molecule has 1 aromatic heterocycles. The van der Waals surface area contributed by atoms with Crippen LogP contribution in [0.1, 0.15) is 57.1 Å². The van der Waals surface area contributed by atoms with Gasteiger partial charge in [0.05, 0.1) is 18.2 Å². The second kappa shape index (κ2) is 11.8. The lowest BCUT2D eigenvalue weighted by Crippen LogP contribution is -2.48. The number of ether oxygens (including phenoxy) is 1. The van der Waals surface area contributed by atoms with Gasteiger partial charge in [0.1, 0.15) is 5.75 Å². The number of benzene rings is 2. The van der Waals surface area contributed by atoms with E-state index in [2.05, 4.69) is 101 Å².